The Bertz CT molecular complexity index is 2910. The molecule has 1 unspecified atom stereocenters. The number of hydrogen-bond acceptors (Lipinski definition) is 10. The van der Waals surface area contributed by atoms with Crippen LogP contribution in [0.25, 0.3) is 32.4 Å². The molecule has 2 saturated heterocycles. The number of alkyl halides is 5. The second-order valence-corrected chi connectivity index (χ2v) is 19.6. The van der Waals surface area contributed by atoms with E-state index in [0.29, 0.717) is 42.6 Å². The first-order chi connectivity index (χ1) is 29.3. The van der Waals surface area contributed by atoms with E-state index in [2.05, 4.69) is 30.5 Å². The van der Waals surface area contributed by atoms with Crippen LogP contribution in [0.5, 0.6) is 0 Å². The summed E-state index contributed by atoms with van der Waals surface area (Å²) in [5.74, 6) is -8.85. The Balaban J connectivity index is 1.10. The second-order valence-electron chi connectivity index (χ2n) is 16.8. The standard InChI is InChI=1S/C40H37F7N10O3S2/c1-55-32-22(4-3-5-23(32)35(53-55)54-62(2,59)60)24-15-28-36(51-37(61-28)56-17-38(18-56)6-8-48-9-7-38)50-31(24)27(12-19-10-20(41)13-21(42)11-19)49-29(58)16-57-34-30(33(52-57)40(45,46)47)25-14-26(25)39(34,43)44/h3-5,10-11,13,15,25-27,48H,6-9,12,14,16-18H2,1-2H3,(H,49,58)(H,53,54)/t25-,26?,27-/m0/s1. The van der Waals surface area contributed by atoms with Crippen LogP contribution in [-0.2, 0) is 46.9 Å². The molecule has 3 N–H and O–H groups in total. The summed E-state index contributed by atoms with van der Waals surface area (Å²) >= 11 is 1.38. The molecular formula is C40H37F7N10O3S2. The number of thiazole rings is 1. The zero-order chi connectivity index (χ0) is 43.7. The minimum absolute atomic E-state index is 0.0339. The highest BCUT2D eigenvalue weighted by atomic mass is 32.2. The number of sulfonamides is 1. The third kappa shape index (κ3) is 7.02. The Morgan fingerprint density at radius 3 is 2.45 bits per heavy atom. The number of fused-ring (bicyclic) bond motifs is 5. The highest BCUT2D eigenvalue weighted by Gasteiger charge is 2.68. The minimum atomic E-state index is -5.06. The van der Waals surface area contributed by atoms with Gasteiger partial charge in [0.2, 0.25) is 15.9 Å². The summed E-state index contributed by atoms with van der Waals surface area (Å²) in [4.78, 5) is 26.1. The van der Waals surface area contributed by atoms with E-state index >= 15 is 8.78 Å². The highest BCUT2D eigenvalue weighted by molar-refractivity contribution is 7.92. The van der Waals surface area contributed by atoms with Gasteiger partial charge in [0.05, 0.1) is 28.2 Å². The third-order valence-electron chi connectivity index (χ3n) is 12.3. The fourth-order valence-electron chi connectivity index (χ4n) is 9.61. The third-order valence-corrected chi connectivity index (χ3v) is 14.0. The molecule has 1 saturated carbocycles. The largest absolute Gasteiger partial charge is 0.435 e. The predicted octanol–water partition coefficient (Wildman–Crippen LogP) is 6.61. The monoisotopic (exact) mass is 902 g/mol. The minimum Gasteiger partial charge on any atom is -0.347 e. The first-order valence-corrected chi connectivity index (χ1v) is 22.5. The SMILES string of the molecule is Cn1nc(NS(C)(=O)=O)c2cccc(-c3cc4sc(N5CC6(CCNCC6)C5)nc4nc3[C@H](Cc3cc(F)cc(F)c3)NC(=O)Cn3nc(C(F)(F)F)c4c3C(F)(F)C3C[C@H]43)c21. The van der Waals surface area contributed by atoms with Gasteiger partial charge in [-0.1, -0.05) is 23.5 Å². The summed E-state index contributed by atoms with van der Waals surface area (Å²) in [5.41, 5.74) is -1.14. The summed E-state index contributed by atoms with van der Waals surface area (Å²) in [6.07, 6.45) is -2.49. The molecule has 2 aromatic carbocycles. The van der Waals surface area contributed by atoms with Crippen molar-refractivity contribution in [2.24, 2.45) is 18.4 Å². The molecule has 4 aromatic heterocycles. The van der Waals surface area contributed by atoms with E-state index in [4.69, 9.17) is 9.97 Å². The van der Waals surface area contributed by atoms with Crippen LogP contribution >= 0.6 is 11.3 Å². The zero-order valence-electron chi connectivity index (χ0n) is 33.0. The van der Waals surface area contributed by atoms with Gasteiger partial charge in [-0.25, -0.2) is 22.2 Å². The molecule has 1 spiro atoms. The number of pyridine rings is 1. The first-order valence-electron chi connectivity index (χ1n) is 19.8. The average Bonchev–Trinajstić information content (AvgIpc) is 3.44. The number of benzene rings is 2. The zero-order valence-corrected chi connectivity index (χ0v) is 34.6. The van der Waals surface area contributed by atoms with Gasteiger partial charge in [0.1, 0.15) is 23.9 Å². The van der Waals surface area contributed by atoms with Gasteiger partial charge >= 0.3 is 6.18 Å². The number of carbonyl (C=O) groups is 1. The van der Waals surface area contributed by atoms with Gasteiger partial charge in [0.15, 0.2) is 22.3 Å². The van der Waals surface area contributed by atoms with Crippen molar-refractivity contribution in [3.8, 4) is 11.1 Å². The topological polar surface area (TPSA) is 152 Å². The maximum Gasteiger partial charge on any atom is 0.435 e. The van der Waals surface area contributed by atoms with Crippen molar-refractivity contribution in [2.45, 2.75) is 56.3 Å². The fraction of sp³-hybridized carbons (Fsp3) is 0.425. The van der Waals surface area contributed by atoms with E-state index in [1.54, 1.807) is 31.3 Å². The fourth-order valence-corrected chi connectivity index (χ4v) is 11.1. The summed E-state index contributed by atoms with van der Waals surface area (Å²) < 4.78 is 133. The summed E-state index contributed by atoms with van der Waals surface area (Å²) in [6.45, 7) is 2.37. The Labute approximate surface area is 352 Å². The van der Waals surface area contributed by atoms with E-state index in [9.17, 15) is 35.2 Å². The number of hydrogen-bond donors (Lipinski definition) is 3. The lowest BCUT2D eigenvalue weighted by atomic mass is 9.73. The van der Waals surface area contributed by atoms with E-state index in [1.165, 1.54) is 16.0 Å². The summed E-state index contributed by atoms with van der Waals surface area (Å²) in [5, 5.41) is 15.1. The average molecular weight is 903 g/mol. The van der Waals surface area contributed by atoms with E-state index in [-0.39, 0.29) is 41.0 Å². The number of amides is 1. The van der Waals surface area contributed by atoms with Crippen LogP contribution < -0.4 is 20.3 Å². The normalized spacial score (nSPS) is 20.6. The number of para-hydroxylation sites is 1. The highest BCUT2D eigenvalue weighted by Crippen LogP contribution is 2.68. The lowest BCUT2D eigenvalue weighted by Gasteiger charge is -2.52. The molecule has 62 heavy (non-hydrogen) atoms. The van der Waals surface area contributed by atoms with Crippen molar-refractivity contribution in [3.63, 3.8) is 0 Å². The Hall–Kier alpha value is -5.35. The molecule has 13 nitrogen and oxygen atoms in total. The van der Waals surface area contributed by atoms with Crippen LogP contribution in [0.3, 0.4) is 0 Å². The molecule has 6 aromatic rings. The van der Waals surface area contributed by atoms with Gasteiger partial charge in [-0.2, -0.15) is 37.1 Å². The molecule has 4 aliphatic rings. The molecular weight excluding hydrogens is 866 g/mol. The van der Waals surface area contributed by atoms with Gasteiger partial charge in [0, 0.05) is 59.6 Å². The van der Waals surface area contributed by atoms with Crippen molar-refractivity contribution in [2.75, 3.05) is 42.1 Å². The van der Waals surface area contributed by atoms with E-state index in [0.717, 1.165) is 57.4 Å². The molecule has 3 atom stereocenters. The number of halogens is 7. The Morgan fingerprint density at radius 2 is 1.76 bits per heavy atom. The molecule has 0 bridgehead atoms. The number of anilines is 2. The summed E-state index contributed by atoms with van der Waals surface area (Å²) in [7, 11) is -2.17. The lowest BCUT2D eigenvalue weighted by Crippen LogP contribution is -2.60. The van der Waals surface area contributed by atoms with Crippen molar-refractivity contribution in [3.05, 3.63) is 82.3 Å². The second kappa shape index (κ2) is 14.1. The number of aromatic nitrogens is 6. The van der Waals surface area contributed by atoms with Gasteiger partial charge in [-0.3, -0.25) is 18.9 Å². The van der Waals surface area contributed by atoms with Crippen molar-refractivity contribution >= 4 is 59.5 Å². The summed E-state index contributed by atoms with van der Waals surface area (Å²) in [6, 6.07) is 8.30. The number of nitrogens with zero attached hydrogens (tertiary/aromatic N) is 7. The molecule has 0 radical (unpaired) electrons. The lowest BCUT2D eigenvalue weighted by molar-refractivity contribution is -0.142. The van der Waals surface area contributed by atoms with Crippen molar-refractivity contribution in [1.29, 1.82) is 0 Å². The molecule has 22 heteroatoms. The molecule has 2 aliphatic carbocycles. The molecule has 10 rings (SSSR count). The Kier molecular flexibility index (Phi) is 9.24. The van der Waals surface area contributed by atoms with Crippen molar-refractivity contribution < 1.29 is 43.9 Å². The molecule has 6 heterocycles. The van der Waals surface area contributed by atoms with E-state index < -0.39 is 81.0 Å². The van der Waals surface area contributed by atoms with Gasteiger partial charge < -0.3 is 15.5 Å². The van der Waals surface area contributed by atoms with Gasteiger partial charge in [-0.05, 0) is 74.5 Å². The van der Waals surface area contributed by atoms with Crippen LogP contribution in [0.2, 0.25) is 0 Å². The van der Waals surface area contributed by atoms with Crippen LogP contribution in [0.1, 0.15) is 59.4 Å². The van der Waals surface area contributed by atoms with E-state index in [1.807, 2.05) is 0 Å². The van der Waals surface area contributed by atoms with Crippen LogP contribution in [0, 0.1) is 23.0 Å². The first kappa shape index (κ1) is 40.7. The predicted molar refractivity (Wildman–Crippen MR) is 215 cm³/mol. The van der Waals surface area contributed by atoms with Gasteiger partial charge in [0.25, 0.3) is 5.92 Å². The maximum atomic E-state index is 15.5. The van der Waals surface area contributed by atoms with Gasteiger partial charge in [-0.15, -0.1) is 0 Å². The molecule has 3 fully saturated rings. The van der Waals surface area contributed by atoms with Crippen LogP contribution in [-0.4, -0.2) is 76.3 Å². The quantitative estimate of drug-likeness (QED) is 0.129. The molecule has 2 aliphatic heterocycles. The van der Waals surface area contributed by atoms with Crippen LogP contribution in [0.4, 0.5) is 41.7 Å². The smallest absolute Gasteiger partial charge is 0.347 e. The number of nitrogens with one attached hydrogen (secondary N) is 3. The number of piperidine rings is 1. The van der Waals surface area contributed by atoms with Crippen LogP contribution in [0.15, 0.2) is 42.5 Å². The number of aryl methyl sites for hydroxylation is 1. The molecule has 1 amide bonds. The van der Waals surface area contributed by atoms with Crippen molar-refractivity contribution in [1.82, 2.24) is 40.2 Å². The number of carbonyl (C=O) groups excluding carboxylic acids is 1. The Morgan fingerprint density at radius 1 is 1.03 bits per heavy atom. The number of rotatable bonds is 10. The maximum absolute atomic E-state index is 15.5. The molecule has 326 valence electrons.